The number of carbonyl (C=O) groups excluding carboxylic acids is 2. The Morgan fingerprint density at radius 1 is 1.11 bits per heavy atom. The smallest absolute Gasteiger partial charge is 0.255 e. The number of hydrogen-bond acceptors (Lipinski definition) is 5. The molecule has 1 heterocycles. The Labute approximate surface area is 224 Å². The lowest BCUT2D eigenvalue weighted by atomic mass is 9.85. The molecule has 1 saturated carbocycles. The molecule has 0 aliphatic heterocycles. The molecule has 2 atom stereocenters. The van der Waals surface area contributed by atoms with Gasteiger partial charge in [0.2, 0.25) is 21.8 Å². The molecule has 0 spiro atoms. The molecular weight excluding hydrogens is 535 g/mol. The van der Waals surface area contributed by atoms with Gasteiger partial charge in [-0.1, -0.05) is 24.1 Å². The Kier molecular flexibility index (Phi) is 7.73. The highest BCUT2D eigenvalue weighted by atomic mass is 35.5. The topological polar surface area (TPSA) is 118 Å². The summed E-state index contributed by atoms with van der Waals surface area (Å²) < 4.78 is 42.4. The number of amides is 2. The first kappa shape index (κ1) is 27.5. The number of rotatable bonds is 7. The molecule has 38 heavy (non-hydrogen) atoms. The highest BCUT2D eigenvalue weighted by Gasteiger charge is 2.57. The minimum absolute atomic E-state index is 0.0897. The second-order valence-corrected chi connectivity index (χ2v) is 11.6. The van der Waals surface area contributed by atoms with Crippen LogP contribution in [0.4, 0.5) is 15.8 Å². The van der Waals surface area contributed by atoms with E-state index in [2.05, 4.69) is 10.6 Å². The van der Waals surface area contributed by atoms with Gasteiger partial charge in [-0.15, -0.1) is 0 Å². The number of likely N-dealkylation sites (N-methyl/N-ethyl adjacent to an activating group) is 1. The number of carbonyl (C=O) groups is 2. The molecule has 9 nitrogen and oxygen atoms in total. The van der Waals surface area contributed by atoms with E-state index in [4.69, 9.17) is 11.6 Å². The van der Waals surface area contributed by atoms with Crippen molar-refractivity contribution in [1.29, 1.82) is 0 Å². The van der Waals surface area contributed by atoms with Crippen LogP contribution in [0, 0.1) is 11.7 Å². The Hall–Kier alpha value is -3.54. The van der Waals surface area contributed by atoms with Gasteiger partial charge in [0.15, 0.2) is 0 Å². The van der Waals surface area contributed by atoms with Gasteiger partial charge in [-0.25, -0.2) is 12.8 Å². The first-order valence-electron chi connectivity index (χ1n) is 11.7. The van der Waals surface area contributed by atoms with Crippen molar-refractivity contribution in [3.63, 3.8) is 0 Å². The van der Waals surface area contributed by atoms with Gasteiger partial charge in [0, 0.05) is 36.1 Å². The summed E-state index contributed by atoms with van der Waals surface area (Å²) in [6.07, 6.45) is 3.14. The van der Waals surface area contributed by atoms with Crippen molar-refractivity contribution in [3.8, 4) is 5.69 Å². The molecule has 1 aromatic heterocycles. The summed E-state index contributed by atoms with van der Waals surface area (Å²) in [6, 6.07) is 14.7. The normalized spacial score (nSPS) is 19.3. The monoisotopic (exact) mass is 560 g/mol. The van der Waals surface area contributed by atoms with Crippen LogP contribution >= 0.6 is 11.6 Å². The minimum Gasteiger partial charge on any atom is -0.324 e. The van der Waals surface area contributed by atoms with Crippen molar-refractivity contribution in [3.05, 3.63) is 88.1 Å². The lowest BCUT2D eigenvalue weighted by molar-refractivity contribution is -0.133. The predicted molar refractivity (Wildman–Crippen MR) is 143 cm³/mol. The fourth-order valence-corrected chi connectivity index (χ4v) is 5.83. The second kappa shape index (κ2) is 10.7. The number of aromatic nitrogens is 1. The van der Waals surface area contributed by atoms with Crippen LogP contribution in [0.25, 0.3) is 5.69 Å². The molecular formula is C26H26ClFN4O5S. The average molecular weight is 561 g/mol. The molecule has 0 radical (unpaired) electrons. The maximum Gasteiger partial charge on any atom is 0.255 e. The van der Waals surface area contributed by atoms with E-state index in [0.717, 1.165) is 16.6 Å². The van der Waals surface area contributed by atoms with E-state index in [9.17, 15) is 22.8 Å². The molecule has 12 heteroatoms. The van der Waals surface area contributed by atoms with Crippen molar-refractivity contribution < 1.29 is 22.4 Å². The van der Waals surface area contributed by atoms with E-state index >= 15 is 4.39 Å². The number of anilines is 2. The third-order valence-corrected chi connectivity index (χ3v) is 8.38. The Morgan fingerprint density at radius 3 is 2.45 bits per heavy atom. The van der Waals surface area contributed by atoms with E-state index in [-0.39, 0.29) is 29.8 Å². The van der Waals surface area contributed by atoms with Crippen molar-refractivity contribution in [1.82, 2.24) is 8.87 Å². The maximum atomic E-state index is 15.0. The van der Waals surface area contributed by atoms with Gasteiger partial charge in [0.25, 0.3) is 5.56 Å². The molecule has 0 bridgehead atoms. The highest BCUT2D eigenvalue weighted by molar-refractivity contribution is 7.88. The van der Waals surface area contributed by atoms with Crippen LogP contribution in [0.1, 0.15) is 19.3 Å². The third-order valence-electron chi connectivity index (χ3n) is 6.81. The van der Waals surface area contributed by atoms with Crippen LogP contribution in [0.3, 0.4) is 0 Å². The van der Waals surface area contributed by atoms with Crippen molar-refractivity contribution in [2.45, 2.75) is 24.8 Å². The molecule has 0 saturated heterocycles. The van der Waals surface area contributed by atoms with Crippen LogP contribution < -0.4 is 16.2 Å². The number of nitrogens with one attached hydrogen (secondary N) is 2. The molecule has 2 N–H and O–H groups in total. The molecule has 4 rings (SSSR count). The van der Waals surface area contributed by atoms with Crippen LogP contribution in [-0.4, -0.2) is 47.9 Å². The summed E-state index contributed by atoms with van der Waals surface area (Å²) >= 11 is 5.92. The fraction of sp³-hybridized carbons (Fsp3) is 0.269. The number of benzene rings is 2. The minimum atomic E-state index is -3.91. The SMILES string of the molecule is CN(C1(C(=O)Nc2ccc(Cl)cc2)CCCC1C(=O)Nc1ccc(-n2ccccc2=O)cc1F)S(C)(=O)=O. The fourth-order valence-electron chi connectivity index (χ4n) is 4.81. The van der Waals surface area contributed by atoms with E-state index < -0.39 is 39.1 Å². The Morgan fingerprint density at radius 2 is 1.82 bits per heavy atom. The predicted octanol–water partition coefficient (Wildman–Crippen LogP) is 3.64. The number of hydrogen-bond donors (Lipinski definition) is 2. The molecule has 2 unspecified atom stereocenters. The zero-order valence-corrected chi connectivity index (χ0v) is 22.2. The molecule has 2 aromatic carbocycles. The molecule has 3 aromatic rings. The van der Waals surface area contributed by atoms with Crippen molar-refractivity contribution in [2.75, 3.05) is 23.9 Å². The molecule has 1 aliphatic rings. The maximum absolute atomic E-state index is 15.0. The molecule has 1 aliphatic carbocycles. The standard InChI is InChI=1S/C26H26ClFN4O5S/c1-31(38(2,36)37)26(25(35)29-18-10-8-17(27)9-11-18)14-5-6-20(26)24(34)30-22-13-12-19(16-21(22)28)32-15-4-3-7-23(32)33/h3-4,7-13,15-16,20H,5-6,14H2,1-2H3,(H,29,35)(H,30,34). The van der Waals surface area contributed by atoms with E-state index in [1.807, 2.05) is 0 Å². The van der Waals surface area contributed by atoms with Gasteiger partial charge in [0.1, 0.15) is 11.4 Å². The Balaban J connectivity index is 1.65. The van der Waals surface area contributed by atoms with Crippen molar-refractivity contribution in [2.24, 2.45) is 5.92 Å². The molecule has 2 amide bonds. The summed E-state index contributed by atoms with van der Waals surface area (Å²) in [4.78, 5) is 39.2. The summed E-state index contributed by atoms with van der Waals surface area (Å²) in [5.74, 6) is -3.28. The Bertz CT molecular complexity index is 1540. The van der Waals surface area contributed by atoms with Crippen LogP contribution in [0.15, 0.2) is 71.7 Å². The van der Waals surface area contributed by atoms with Gasteiger partial charge < -0.3 is 10.6 Å². The molecule has 1 fully saturated rings. The van der Waals surface area contributed by atoms with E-state index in [0.29, 0.717) is 17.1 Å². The first-order chi connectivity index (χ1) is 17.9. The van der Waals surface area contributed by atoms with Crippen LogP contribution in [0.5, 0.6) is 0 Å². The number of sulfonamides is 1. The zero-order valence-electron chi connectivity index (χ0n) is 20.6. The second-order valence-electron chi connectivity index (χ2n) is 9.12. The summed E-state index contributed by atoms with van der Waals surface area (Å²) in [5, 5.41) is 5.67. The van der Waals surface area contributed by atoms with Gasteiger partial charge >= 0.3 is 0 Å². The van der Waals surface area contributed by atoms with E-state index in [1.165, 1.54) is 36.0 Å². The summed E-state index contributed by atoms with van der Waals surface area (Å²) in [6.45, 7) is 0. The number of halogens is 2. The quantitative estimate of drug-likeness (QED) is 0.457. The average Bonchev–Trinajstić information content (AvgIpc) is 3.32. The van der Waals surface area contributed by atoms with Crippen LogP contribution in [0.2, 0.25) is 5.02 Å². The van der Waals surface area contributed by atoms with Crippen LogP contribution in [-0.2, 0) is 19.6 Å². The van der Waals surface area contributed by atoms with Gasteiger partial charge in [-0.3, -0.25) is 19.0 Å². The first-order valence-corrected chi connectivity index (χ1v) is 14.0. The van der Waals surface area contributed by atoms with Gasteiger partial charge in [-0.2, -0.15) is 4.31 Å². The third kappa shape index (κ3) is 5.35. The largest absolute Gasteiger partial charge is 0.324 e. The van der Waals surface area contributed by atoms with Gasteiger partial charge in [0.05, 0.1) is 23.5 Å². The molecule has 200 valence electrons. The lowest BCUT2D eigenvalue weighted by Crippen LogP contribution is -2.61. The lowest BCUT2D eigenvalue weighted by Gasteiger charge is -2.39. The van der Waals surface area contributed by atoms with Gasteiger partial charge in [-0.05, 0) is 55.3 Å². The highest BCUT2D eigenvalue weighted by Crippen LogP contribution is 2.43. The zero-order chi connectivity index (χ0) is 27.7. The van der Waals surface area contributed by atoms with Crippen molar-refractivity contribution >= 4 is 44.8 Å². The van der Waals surface area contributed by atoms with E-state index in [1.54, 1.807) is 36.4 Å². The summed E-state index contributed by atoms with van der Waals surface area (Å²) in [5.41, 5.74) is -1.62. The summed E-state index contributed by atoms with van der Waals surface area (Å²) in [7, 11) is -2.65. The number of nitrogens with zero attached hydrogens (tertiary/aromatic N) is 2. The number of pyridine rings is 1.